The van der Waals surface area contributed by atoms with Crippen LogP contribution in [0.1, 0.15) is 29.5 Å². The van der Waals surface area contributed by atoms with Gasteiger partial charge in [-0.05, 0) is 48.1 Å². The Morgan fingerprint density at radius 2 is 1.80 bits per heavy atom. The van der Waals surface area contributed by atoms with Gasteiger partial charge in [-0.3, -0.25) is 4.99 Å². The van der Waals surface area contributed by atoms with Crippen LogP contribution in [-0.2, 0) is 29.0 Å². The van der Waals surface area contributed by atoms with Crippen molar-refractivity contribution in [2.24, 2.45) is 4.99 Å². The quantitative estimate of drug-likeness (QED) is 0.291. The molecule has 30 heavy (non-hydrogen) atoms. The Balaban J connectivity index is 0.00000320. The molecule has 0 aliphatic carbocycles. The van der Waals surface area contributed by atoms with E-state index in [-0.39, 0.29) is 24.0 Å². The van der Waals surface area contributed by atoms with Crippen LogP contribution in [0.5, 0.6) is 0 Å². The second kappa shape index (κ2) is 13.9. The van der Waals surface area contributed by atoms with Crippen molar-refractivity contribution < 1.29 is 9.47 Å². The zero-order chi connectivity index (χ0) is 20.3. The normalized spacial score (nSPS) is 14.8. The van der Waals surface area contributed by atoms with Crippen LogP contribution in [0.25, 0.3) is 0 Å². The third kappa shape index (κ3) is 8.79. The number of guanidine groups is 1. The summed E-state index contributed by atoms with van der Waals surface area (Å²) >= 11 is 5.93. The summed E-state index contributed by atoms with van der Waals surface area (Å²) in [6.07, 6.45) is 3.20. The number of hydrogen-bond acceptors (Lipinski definition) is 3. The van der Waals surface area contributed by atoms with E-state index in [1.54, 1.807) is 7.05 Å². The molecule has 1 aliphatic heterocycles. The molecule has 3 rings (SSSR count). The lowest BCUT2D eigenvalue weighted by atomic mass is 10.1. The molecule has 1 heterocycles. The number of hydrogen-bond donors (Lipinski definition) is 2. The summed E-state index contributed by atoms with van der Waals surface area (Å²) in [7, 11) is 1.79. The van der Waals surface area contributed by atoms with Gasteiger partial charge in [0.15, 0.2) is 5.96 Å². The summed E-state index contributed by atoms with van der Waals surface area (Å²) in [4.78, 5) is 4.31. The number of aliphatic imine (C=N–C) groups is 1. The van der Waals surface area contributed by atoms with Gasteiger partial charge in [0, 0.05) is 38.4 Å². The molecule has 0 unspecified atom stereocenters. The fourth-order valence-electron chi connectivity index (χ4n) is 3.27. The van der Waals surface area contributed by atoms with E-state index in [1.807, 2.05) is 24.3 Å². The number of nitrogens with one attached hydrogen (secondary N) is 2. The molecule has 1 aliphatic rings. The van der Waals surface area contributed by atoms with E-state index in [9.17, 15) is 0 Å². The van der Waals surface area contributed by atoms with Crippen LogP contribution < -0.4 is 10.6 Å². The molecule has 2 aromatic carbocycles. The molecule has 2 aromatic rings. The minimum atomic E-state index is 0. The van der Waals surface area contributed by atoms with E-state index < -0.39 is 0 Å². The molecule has 0 aromatic heterocycles. The Bertz CT molecular complexity index is 780. The van der Waals surface area contributed by atoms with Crippen LogP contribution >= 0.6 is 35.6 Å². The summed E-state index contributed by atoms with van der Waals surface area (Å²) in [5.74, 6) is 0.794. The maximum atomic E-state index is 6.03. The van der Waals surface area contributed by atoms with Gasteiger partial charge < -0.3 is 20.1 Å². The van der Waals surface area contributed by atoms with E-state index in [0.29, 0.717) is 19.3 Å². The number of ether oxygens (including phenoxy) is 2. The van der Waals surface area contributed by atoms with Gasteiger partial charge in [-0.25, -0.2) is 0 Å². The third-order valence-electron chi connectivity index (χ3n) is 4.95. The highest BCUT2D eigenvalue weighted by molar-refractivity contribution is 14.0. The van der Waals surface area contributed by atoms with E-state index in [2.05, 4.69) is 39.9 Å². The first kappa shape index (κ1) is 24.9. The van der Waals surface area contributed by atoms with E-state index in [4.69, 9.17) is 21.1 Å². The maximum absolute atomic E-state index is 6.03. The monoisotopic (exact) mass is 543 g/mol. The maximum Gasteiger partial charge on any atom is 0.191 e. The fraction of sp³-hybridized carbons (Fsp3) is 0.435. The molecule has 7 heteroatoms. The second-order valence-corrected chi connectivity index (χ2v) is 7.61. The van der Waals surface area contributed by atoms with Crippen LogP contribution in [0.4, 0.5) is 0 Å². The van der Waals surface area contributed by atoms with Gasteiger partial charge in [0.1, 0.15) is 0 Å². The zero-order valence-corrected chi connectivity index (χ0v) is 20.5. The highest BCUT2D eigenvalue weighted by Gasteiger charge is 2.14. The van der Waals surface area contributed by atoms with Crippen molar-refractivity contribution in [2.45, 2.75) is 38.5 Å². The minimum Gasteiger partial charge on any atom is -0.381 e. The molecule has 164 valence electrons. The molecule has 1 fully saturated rings. The summed E-state index contributed by atoms with van der Waals surface area (Å²) < 4.78 is 11.4. The molecule has 2 N–H and O–H groups in total. The topological polar surface area (TPSA) is 54.9 Å². The first-order chi connectivity index (χ1) is 14.2. The summed E-state index contributed by atoms with van der Waals surface area (Å²) in [6, 6.07) is 16.4. The molecule has 0 spiro atoms. The Hall–Kier alpha value is -1.35. The van der Waals surface area contributed by atoms with Crippen LogP contribution in [-0.4, -0.2) is 38.9 Å². The van der Waals surface area contributed by atoms with Gasteiger partial charge in [0.05, 0.1) is 12.7 Å². The molecule has 0 saturated carbocycles. The van der Waals surface area contributed by atoms with Gasteiger partial charge >= 0.3 is 0 Å². The number of benzene rings is 2. The summed E-state index contributed by atoms with van der Waals surface area (Å²) in [5.41, 5.74) is 3.65. The van der Waals surface area contributed by atoms with Crippen molar-refractivity contribution in [3.05, 3.63) is 70.2 Å². The minimum absolute atomic E-state index is 0. The van der Waals surface area contributed by atoms with E-state index in [0.717, 1.165) is 50.0 Å². The first-order valence-electron chi connectivity index (χ1n) is 10.2. The Morgan fingerprint density at radius 3 is 2.53 bits per heavy atom. The highest BCUT2D eigenvalue weighted by atomic mass is 127. The van der Waals surface area contributed by atoms with Crippen molar-refractivity contribution in [1.82, 2.24) is 10.6 Å². The Kier molecular flexibility index (Phi) is 11.5. The van der Waals surface area contributed by atoms with Crippen LogP contribution in [0.15, 0.2) is 53.5 Å². The molecular weight excluding hydrogens is 513 g/mol. The number of rotatable bonds is 8. The average Bonchev–Trinajstić information content (AvgIpc) is 2.77. The first-order valence-corrected chi connectivity index (χ1v) is 10.6. The SMILES string of the molecule is CN=C(NCCc1ccc(Cl)cc1)NCc1cccc(COC2CCOCC2)c1.I. The van der Waals surface area contributed by atoms with Crippen LogP contribution in [0.2, 0.25) is 5.02 Å². The predicted molar refractivity (Wildman–Crippen MR) is 134 cm³/mol. The zero-order valence-electron chi connectivity index (χ0n) is 17.4. The van der Waals surface area contributed by atoms with Crippen LogP contribution in [0, 0.1) is 0 Å². The molecule has 0 amide bonds. The van der Waals surface area contributed by atoms with Crippen molar-refractivity contribution in [3.8, 4) is 0 Å². The second-order valence-electron chi connectivity index (χ2n) is 7.17. The van der Waals surface area contributed by atoms with E-state index >= 15 is 0 Å². The van der Waals surface area contributed by atoms with Gasteiger partial charge in [0.2, 0.25) is 0 Å². The molecule has 1 saturated heterocycles. The summed E-state index contributed by atoms with van der Waals surface area (Å²) in [5, 5.41) is 7.49. The third-order valence-corrected chi connectivity index (χ3v) is 5.20. The molecule has 0 atom stereocenters. The molecule has 0 radical (unpaired) electrons. The van der Waals surface area contributed by atoms with Gasteiger partial charge in [-0.15, -0.1) is 24.0 Å². The molecular formula is C23H31ClIN3O2. The number of halogens is 2. The Morgan fingerprint density at radius 1 is 1.07 bits per heavy atom. The van der Waals surface area contributed by atoms with Crippen molar-refractivity contribution in [1.29, 1.82) is 0 Å². The van der Waals surface area contributed by atoms with Crippen molar-refractivity contribution in [3.63, 3.8) is 0 Å². The lowest BCUT2D eigenvalue weighted by molar-refractivity contribution is -0.0390. The van der Waals surface area contributed by atoms with Gasteiger partial charge in [-0.2, -0.15) is 0 Å². The van der Waals surface area contributed by atoms with Gasteiger partial charge in [-0.1, -0.05) is 48.0 Å². The molecule has 5 nitrogen and oxygen atoms in total. The van der Waals surface area contributed by atoms with Crippen LogP contribution in [0.3, 0.4) is 0 Å². The number of nitrogens with zero attached hydrogens (tertiary/aromatic N) is 1. The fourth-order valence-corrected chi connectivity index (χ4v) is 3.39. The lowest BCUT2D eigenvalue weighted by Gasteiger charge is -2.22. The lowest BCUT2D eigenvalue weighted by Crippen LogP contribution is -2.37. The largest absolute Gasteiger partial charge is 0.381 e. The van der Waals surface area contributed by atoms with Gasteiger partial charge in [0.25, 0.3) is 0 Å². The Labute approximate surface area is 201 Å². The predicted octanol–water partition coefficient (Wildman–Crippen LogP) is 4.56. The average molecular weight is 544 g/mol. The highest BCUT2D eigenvalue weighted by Crippen LogP contribution is 2.14. The van der Waals surface area contributed by atoms with Crippen molar-refractivity contribution in [2.75, 3.05) is 26.8 Å². The van der Waals surface area contributed by atoms with Crippen molar-refractivity contribution >= 4 is 41.5 Å². The molecule has 0 bridgehead atoms. The standard InChI is InChI=1S/C23H30ClN3O2.HI/c1-25-23(26-12-9-18-5-7-21(24)8-6-18)27-16-19-3-2-4-20(15-19)17-29-22-10-13-28-14-11-22;/h2-8,15,22H,9-14,16-17H2,1H3,(H2,25,26,27);1H. The summed E-state index contributed by atoms with van der Waals surface area (Å²) in [6.45, 7) is 3.77. The smallest absolute Gasteiger partial charge is 0.191 e. The van der Waals surface area contributed by atoms with E-state index in [1.165, 1.54) is 16.7 Å².